The summed E-state index contributed by atoms with van der Waals surface area (Å²) in [5.41, 5.74) is 0.771. The van der Waals surface area contributed by atoms with Crippen LogP contribution in [0.15, 0.2) is 24.3 Å². The minimum atomic E-state index is -1.07. The number of carbonyl (C=O) groups is 2. The third-order valence-corrected chi connectivity index (χ3v) is 5.33. The number of rotatable bonds is 5. The summed E-state index contributed by atoms with van der Waals surface area (Å²) in [7, 11) is 0. The molecule has 2 aliphatic rings. The molecule has 0 radical (unpaired) electrons. The molecule has 0 unspecified atom stereocenters. The second-order valence-corrected chi connectivity index (χ2v) is 7.03. The fourth-order valence-electron chi connectivity index (χ4n) is 3.66. The maximum atomic E-state index is 12.4. The van der Waals surface area contributed by atoms with Crippen molar-refractivity contribution < 1.29 is 14.7 Å². The maximum Gasteiger partial charge on any atom is 0.178 e. The normalized spacial score (nSPS) is 21.0. The highest BCUT2D eigenvalue weighted by molar-refractivity contribution is 5.94. The van der Waals surface area contributed by atoms with Gasteiger partial charge in [-0.3, -0.25) is 14.5 Å². The van der Waals surface area contributed by atoms with Crippen LogP contribution in [0.5, 0.6) is 0 Å². The number of benzene rings is 1. The zero-order valence-corrected chi connectivity index (χ0v) is 14.3. The molecule has 1 aromatic rings. The average Bonchev–Trinajstić information content (AvgIpc) is 3.04. The molecule has 1 saturated carbocycles. The monoisotopic (exact) mass is 330 g/mol. The topological polar surface area (TPSA) is 60.9 Å². The van der Waals surface area contributed by atoms with E-state index in [0.29, 0.717) is 19.4 Å². The molecule has 0 amide bonds. The maximum absolute atomic E-state index is 12.4. The largest absolute Gasteiger partial charge is 0.382 e. The smallest absolute Gasteiger partial charge is 0.178 e. The van der Waals surface area contributed by atoms with E-state index in [9.17, 15) is 14.7 Å². The van der Waals surface area contributed by atoms with E-state index in [1.54, 1.807) is 6.92 Å². The molecule has 0 bridgehead atoms. The first-order chi connectivity index (χ1) is 11.5. The number of aliphatic hydroxyl groups is 1. The van der Waals surface area contributed by atoms with Crippen LogP contribution >= 0.6 is 0 Å². The second-order valence-electron chi connectivity index (χ2n) is 7.03. The third-order valence-electron chi connectivity index (χ3n) is 5.33. The van der Waals surface area contributed by atoms with Gasteiger partial charge in [0.2, 0.25) is 0 Å². The number of anilines is 1. The van der Waals surface area contributed by atoms with Crippen molar-refractivity contribution in [2.75, 3.05) is 37.6 Å². The Labute approximate surface area is 143 Å². The fraction of sp³-hybridized carbons (Fsp3) is 0.579. The lowest BCUT2D eigenvalue weighted by Crippen LogP contribution is -2.51. The molecule has 130 valence electrons. The van der Waals surface area contributed by atoms with Gasteiger partial charge in [0, 0.05) is 37.4 Å². The van der Waals surface area contributed by atoms with Gasteiger partial charge in [-0.25, -0.2) is 0 Å². The van der Waals surface area contributed by atoms with Gasteiger partial charge in [0.05, 0.1) is 6.54 Å². The Bertz CT molecular complexity index is 598. The van der Waals surface area contributed by atoms with Gasteiger partial charge >= 0.3 is 0 Å². The highest BCUT2D eigenvalue weighted by atomic mass is 16.3. The molecule has 3 rings (SSSR count). The van der Waals surface area contributed by atoms with Crippen molar-refractivity contribution in [1.82, 2.24) is 4.90 Å². The summed E-state index contributed by atoms with van der Waals surface area (Å²) in [5.74, 6) is 0.0639. The number of piperazine rings is 1. The summed E-state index contributed by atoms with van der Waals surface area (Å²) >= 11 is 0. The van der Waals surface area contributed by atoms with E-state index in [1.165, 1.54) is 0 Å². The molecule has 1 aliphatic heterocycles. The van der Waals surface area contributed by atoms with Gasteiger partial charge in [0.15, 0.2) is 11.6 Å². The van der Waals surface area contributed by atoms with E-state index in [2.05, 4.69) is 9.80 Å². The molecule has 2 fully saturated rings. The lowest BCUT2D eigenvalue weighted by Gasteiger charge is -2.36. The predicted molar refractivity (Wildman–Crippen MR) is 93.5 cm³/mol. The van der Waals surface area contributed by atoms with Crippen LogP contribution in [0, 0.1) is 0 Å². The summed E-state index contributed by atoms with van der Waals surface area (Å²) in [6, 6.07) is 7.70. The minimum Gasteiger partial charge on any atom is -0.382 e. The van der Waals surface area contributed by atoms with Crippen molar-refractivity contribution in [2.45, 2.75) is 38.2 Å². The Morgan fingerprint density at radius 3 is 2.17 bits per heavy atom. The highest BCUT2D eigenvalue weighted by Gasteiger charge is 2.39. The Hall–Kier alpha value is -1.72. The van der Waals surface area contributed by atoms with Gasteiger partial charge in [-0.1, -0.05) is 0 Å². The number of ketones is 2. The lowest BCUT2D eigenvalue weighted by atomic mass is 9.96. The first-order valence-electron chi connectivity index (χ1n) is 8.82. The number of carbonyl (C=O) groups excluding carboxylic acids is 2. The summed E-state index contributed by atoms with van der Waals surface area (Å²) in [6.07, 6.45) is 3.14. The predicted octanol–water partition coefficient (Wildman–Crippen LogP) is 1.89. The van der Waals surface area contributed by atoms with E-state index in [0.717, 1.165) is 50.3 Å². The Morgan fingerprint density at radius 1 is 1.04 bits per heavy atom. The molecular weight excluding hydrogens is 304 g/mol. The van der Waals surface area contributed by atoms with Crippen LogP contribution in [-0.2, 0) is 4.79 Å². The Balaban J connectivity index is 1.52. The molecule has 1 heterocycles. The van der Waals surface area contributed by atoms with Crippen molar-refractivity contribution >= 4 is 17.3 Å². The first kappa shape index (κ1) is 17.1. The number of hydrogen-bond donors (Lipinski definition) is 1. The Kier molecular flexibility index (Phi) is 5.01. The van der Waals surface area contributed by atoms with Gasteiger partial charge in [-0.05, 0) is 56.9 Å². The van der Waals surface area contributed by atoms with Gasteiger partial charge < -0.3 is 10.0 Å². The van der Waals surface area contributed by atoms with Crippen LogP contribution in [0.2, 0.25) is 0 Å². The summed E-state index contributed by atoms with van der Waals surface area (Å²) < 4.78 is 0. The SMILES string of the molecule is CC(=O)c1ccc(N2CCN(CC(=O)C3(O)CCCC3)CC2)cc1. The molecular formula is C19H26N2O3. The molecule has 0 atom stereocenters. The molecule has 1 N–H and O–H groups in total. The van der Waals surface area contributed by atoms with Gasteiger partial charge in [-0.15, -0.1) is 0 Å². The number of hydrogen-bond acceptors (Lipinski definition) is 5. The quantitative estimate of drug-likeness (QED) is 0.836. The van der Waals surface area contributed by atoms with Crippen LogP contribution in [0.3, 0.4) is 0 Å². The lowest BCUT2D eigenvalue weighted by molar-refractivity contribution is -0.138. The number of Topliss-reactive ketones (excluding diaryl/α,β-unsaturated/α-hetero) is 2. The van der Waals surface area contributed by atoms with Crippen LogP contribution in [-0.4, -0.2) is 59.9 Å². The fourth-order valence-corrected chi connectivity index (χ4v) is 3.66. The van der Waals surface area contributed by atoms with E-state index in [1.807, 2.05) is 24.3 Å². The molecule has 5 heteroatoms. The van der Waals surface area contributed by atoms with Crippen LogP contribution in [0.1, 0.15) is 43.0 Å². The standard InChI is InChI=1S/C19H26N2O3/c1-15(22)16-4-6-17(7-5-16)21-12-10-20(11-13-21)14-18(23)19(24)8-2-3-9-19/h4-7,24H,2-3,8-14H2,1H3. The summed E-state index contributed by atoms with van der Waals surface area (Å²) in [5, 5.41) is 10.4. The van der Waals surface area contributed by atoms with Crippen LogP contribution < -0.4 is 4.90 Å². The molecule has 0 spiro atoms. The molecule has 0 aromatic heterocycles. The van der Waals surface area contributed by atoms with Crippen LogP contribution in [0.4, 0.5) is 5.69 Å². The summed E-state index contributed by atoms with van der Waals surface area (Å²) in [4.78, 5) is 28.1. The summed E-state index contributed by atoms with van der Waals surface area (Å²) in [6.45, 7) is 5.26. The van der Waals surface area contributed by atoms with Crippen molar-refractivity contribution in [2.24, 2.45) is 0 Å². The van der Waals surface area contributed by atoms with Gasteiger partial charge in [0.1, 0.15) is 5.60 Å². The van der Waals surface area contributed by atoms with E-state index in [4.69, 9.17) is 0 Å². The number of nitrogens with zero attached hydrogens (tertiary/aromatic N) is 2. The molecule has 24 heavy (non-hydrogen) atoms. The molecule has 1 aliphatic carbocycles. The van der Waals surface area contributed by atoms with E-state index in [-0.39, 0.29) is 11.6 Å². The second kappa shape index (κ2) is 7.03. The zero-order chi connectivity index (χ0) is 17.2. The molecule has 5 nitrogen and oxygen atoms in total. The van der Waals surface area contributed by atoms with E-state index < -0.39 is 5.60 Å². The minimum absolute atomic E-state index is 0.0146. The Morgan fingerprint density at radius 2 is 1.62 bits per heavy atom. The van der Waals surface area contributed by atoms with Crippen molar-refractivity contribution in [3.63, 3.8) is 0 Å². The van der Waals surface area contributed by atoms with Gasteiger partial charge in [0.25, 0.3) is 0 Å². The highest BCUT2D eigenvalue weighted by Crippen LogP contribution is 2.30. The first-order valence-corrected chi connectivity index (χ1v) is 8.82. The van der Waals surface area contributed by atoms with Crippen LogP contribution in [0.25, 0.3) is 0 Å². The average molecular weight is 330 g/mol. The third kappa shape index (κ3) is 3.68. The van der Waals surface area contributed by atoms with E-state index >= 15 is 0 Å². The van der Waals surface area contributed by atoms with Crippen molar-refractivity contribution in [3.05, 3.63) is 29.8 Å². The van der Waals surface area contributed by atoms with Crippen molar-refractivity contribution in [1.29, 1.82) is 0 Å². The zero-order valence-electron chi connectivity index (χ0n) is 14.3. The molecule has 1 aromatic carbocycles. The van der Waals surface area contributed by atoms with Gasteiger partial charge in [-0.2, -0.15) is 0 Å². The molecule has 1 saturated heterocycles. The van der Waals surface area contributed by atoms with Crippen molar-refractivity contribution in [3.8, 4) is 0 Å².